The predicted octanol–water partition coefficient (Wildman–Crippen LogP) is 8.55. The third-order valence-electron chi connectivity index (χ3n) is 18.5. The van der Waals surface area contributed by atoms with Gasteiger partial charge in [-0.2, -0.15) is 0 Å². The standard InChI is InChI=1S/C35H47N5O5.C33H43N5O5/c1-21(2)29-31(42)37-23(4)32(43)40-19-7-8-27(39-40)30(41)36-22(3)26-12-11-25-10-9-24(20-28(25)38-26)13-14-35(33(44)45-29)17-15-34(5,6)16-18-35;1-20(2)28-30(40)35-22(4)31(41)38-18-8-9-26(37-38)29(39)34-21(3)25-13-12-24-11-10-23(19-27(24)36-25)14-17-33(32(42)43-28)15-6-5-7-16-33/h9-14,20-23,27,29,39H,7-8,15-19H2,1-6H3,(H,36,41)(H,37,42);10-14,17,19-22,26,28,37H,5-9,15-16,18H2,1-4H3,(H,34,39)(H,35,40)/b14-13+;17-14+/t22-,23+,27+,29+;21-,22+,26+,28+/m11/s1. The predicted molar refractivity (Wildman–Crippen MR) is 335 cm³/mol. The molecule has 4 fully saturated rings. The Morgan fingerprint density at radius 1 is 0.477 bits per heavy atom. The smallest absolute Gasteiger partial charge is 0.316 e. The molecule has 10 bridgehead atoms. The molecule has 472 valence electrons. The first-order chi connectivity index (χ1) is 41.8. The van der Waals surface area contributed by atoms with Gasteiger partial charge in [0.05, 0.1) is 45.3 Å². The maximum Gasteiger partial charge on any atom is 0.316 e. The fourth-order valence-electron chi connectivity index (χ4n) is 12.6. The molecule has 4 aromatic rings. The van der Waals surface area contributed by atoms with Crippen molar-refractivity contribution in [3.05, 3.63) is 95.3 Å². The number of nitrogens with zero attached hydrogens (tertiary/aromatic N) is 4. The Bertz CT molecular complexity index is 3340. The fourth-order valence-corrected chi connectivity index (χ4v) is 12.6. The zero-order valence-corrected chi connectivity index (χ0v) is 52.8. The first-order valence-electron chi connectivity index (χ1n) is 31.8. The van der Waals surface area contributed by atoms with Crippen LogP contribution in [0.5, 0.6) is 0 Å². The average Bonchev–Trinajstić information content (AvgIpc) is 3.67. The Morgan fingerprint density at radius 2 is 0.864 bits per heavy atom. The molecule has 6 amide bonds. The third kappa shape index (κ3) is 15.1. The molecular weight excluding hydrogens is 1120 g/mol. The van der Waals surface area contributed by atoms with Crippen molar-refractivity contribution in [2.75, 3.05) is 13.1 Å². The van der Waals surface area contributed by atoms with Crippen molar-refractivity contribution in [2.45, 2.75) is 201 Å². The number of hydrogen-bond acceptors (Lipinski definition) is 14. The summed E-state index contributed by atoms with van der Waals surface area (Å²) >= 11 is 0. The summed E-state index contributed by atoms with van der Waals surface area (Å²) in [5.41, 5.74) is 9.26. The Balaban J connectivity index is 0.000000210. The lowest BCUT2D eigenvalue weighted by atomic mass is 9.65. The van der Waals surface area contributed by atoms with Crippen molar-refractivity contribution in [3.63, 3.8) is 0 Å². The van der Waals surface area contributed by atoms with E-state index in [1.165, 1.54) is 10.0 Å². The normalized spacial score (nSPS) is 28.2. The molecule has 2 spiro atoms. The van der Waals surface area contributed by atoms with Gasteiger partial charge >= 0.3 is 11.9 Å². The van der Waals surface area contributed by atoms with Crippen LogP contribution in [0.2, 0.25) is 0 Å². The number of esters is 2. The second-order valence-electron chi connectivity index (χ2n) is 26.8. The van der Waals surface area contributed by atoms with Gasteiger partial charge in [-0.1, -0.05) is 122 Å². The summed E-state index contributed by atoms with van der Waals surface area (Å²) in [6.45, 7) is 19.5. The number of cyclic esters (lactones) is 2. The van der Waals surface area contributed by atoms with Gasteiger partial charge in [0.1, 0.15) is 24.2 Å². The minimum Gasteiger partial charge on any atom is -0.451 e. The van der Waals surface area contributed by atoms with Crippen molar-refractivity contribution in [1.82, 2.24) is 52.1 Å². The fraction of sp³-hybridized carbons (Fsp3) is 0.559. The van der Waals surface area contributed by atoms with Crippen LogP contribution in [-0.2, 0) is 47.8 Å². The third-order valence-corrected chi connectivity index (χ3v) is 18.5. The molecule has 6 heterocycles. The van der Waals surface area contributed by atoms with E-state index in [2.05, 4.69) is 46.0 Å². The van der Waals surface area contributed by atoms with Crippen molar-refractivity contribution < 1.29 is 47.8 Å². The van der Waals surface area contributed by atoms with Gasteiger partial charge in [-0.15, -0.1) is 0 Å². The molecule has 0 unspecified atom stereocenters. The summed E-state index contributed by atoms with van der Waals surface area (Å²) in [4.78, 5) is 118. The van der Waals surface area contributed by atoms with Crippen LogP contribution in [0.15, 0.2) is 72.8 Å². The number of amides is 6. The molecule has 6 N–H and O–H groups in total. The molecule has 10 rings (SSSR count). The highest BCUT2D eigenvalue weighted by Crippen LogP contribution is 2.48. The van der Waals surface area contributed by atoms with Crippen molar-refractivity contribution in [3.8, 4) is 0 Å². The van der Waals surface area contributed by atoms with Gasteiger partial charge in [0.15, 0.2) is 12.2 Å². The maximum absolute atomic E-state index is 14.1. The number of benzene rings is 2. The summed E-state index contributed by atoms with van der Waals surface area (Å²) in [6, 6.07) is 16.0. The Hall–Kier alpha value is -7.58. The summed E-state index contributed by atoms with van der Waals surface area (Å²) in [7, 11) is 0. The lowest BCUT2D eigenvalue weighted by Crippen LogP contribution is -2.61. The zero-order valence-electron chi connectivity index (χ0n) is 52.8. The lowest BCUT2D eigenvalue weighted by Gasteiger charge is -2.41. The molecular formula is C68H90N10O10. The van der Waals surface area contributed by atoms with Crippen LogP contribution in [0.3, 0.4) is 0 Å². The van der Waals surface area contributed by atoms with E-state index in [9.17, 15) is 38.4 Å². The van der Waals surface area contributed by atoms with E-state index in [1.54, 1.807) is 13.8 Å². The number of carbonyl (C=O) groups is 8. The van der Waals surface area contributed by atoms with Gasteiger partial charge in [-0.25, -0.2) is 10.9 Å². The van der Waals surface area contributed by atoms with E-state index in [1.807, 2.05) is 127 Å². The minimum atomic E-state index is -1.07. The molecule has 20 heteroatoms. The number of rotatable bonds is 2. The quantitative estimate of drug-likeness (QED) is 0.103. The first kappa shape index (κ1) is 64.9. The zero-order chi connectivity index (χ0) is 63.2. The van der Waals surface area contributed by atoms with Crippen LogP contribution >= 0.6 is 0 Å². The van der Waals surface area contributed by atoms with Crippen LogP contribution in [0.4, 0.5) is 0 Å². The van der Waals surface area contributed by atoms with E-state index in [0.29, 0.717) is 64.5 Å². The minimum absolute atomic E-state index is 0.100. The number of aromatic nitrogens is 2. The highest BCUT2D eigenvalue weighted by Gasteiger charge is 2.46. The molecule has 2 aromatic heterocycles. The number of carbonyl (C=O) groups excluding carboxylic acids is 8. The van der Waals surface area contributed by atoms with Gasteiger partial charge in [0, 0.05) is 23.9 Å². The van der Waals surface area contributed by atoms with Gasteiger partial charge in [-0.3, -0.25) is 58.3 Å². The second kappa shape index (κ2) is 27.4. The van der Waals surface area contributed by atoms with E-state index < -0.39 is 71.0 Å². The largest absolute Gasteiger partial charge is 0.451 e. The topological polar surface area (TPSA) is 259 Å². The molecule has 4 aliphatic heterocycles. The highest BCUT2D eigenvalue weighted by molar-refractivity contribution is 5.94. The van der Waals surface area contributed by atoms with E-state index in [0.717, 1.165) is 76.4 Å². The van der Waals surface area contributed by atoms with Gasteiger partial charge in [-0.05, 0) is 145 Å². The molecule has 6 aliphatic rings. The Labute approximate surface area is 516 Å². The van der Waals surface area contributed by atoms with Crippen LogP contribution in [0.1, 0.15) is 187 Å². The van der Waals surface area contributed by atoms with Crippen molar-refractivity contribution >= 4 is 81.3 Å². The monoisotopic (exact) mass is 1210 g/mol. The number of fused-ring (bicyclic) bond motifs is 8. The molecule has 2 aromatic carbocycles. The van der Waals surface area contributed by atoms with Crippen LogP contribution in [0, 0.1) is 28.1 Å². The van der Waals surface area contributed by atoms with Crippen molar-refractivity contribution in [1.29, 1.82) is 0 Å². The summed E-state index contributed by atoms with van der Waals surface area (Å²) in [5.74, 6) is -3.67. The average molecular weight is 1210 g/mol. The lowest BCUT2D eigenvalue weighted by molar-refractivity contribution is -0.169. The summed E-state index contributed by atoms with van der Waals surface area (Å²) < 4.78 is 12.0. The summed E-state index contributed by atoms with van der Waals surface area (Å²) in [5, 5.41) is 16.4. The molecule has 88 heavy (non-hydrogen) atoms. The van der Waals surface area contributed by atoms with E-state index in [4.69, 9.17) is 19.4 Å². The number of hydrazine groups is 2. The Kier molecular flexibility index (Phi) is 20.2. The number of nitrogens with one attached hydrogen (secondary N) is 6. The molecule has 2 saturated heterocycles. The Morgan fingerprint density at radius 3 is 1.27 bits per heavy atom. The number of ether oxygens (including phenoxy) is 2. The van der Waals surface area contributed by atoms with Gasteiger partial charge in [0.2, 0.25) is 11.8 Å². The molecule has 2 aliphatic carbocycles. The molecule has 20 nitrogen and oxygen atoms in total. The van der Waals surface area contributed by atoms with E-state index in [-0.39, 0.29) is 53.0 Å². The second-order valence-corrected chi connectivity index (χ2v) is 26.8. The maximum atomic E-state index is 14.1. The van der Waals surface area contributed by atoms with Crippen LogP contribution in [-0.4, -0.2) is 117 Å². The van der Waals surface area contributed by atoms with Gasteiger partial charge < -0.3 is 30.7 Å². The van der Waals surface area contributed by atoms with Crippen LogP contribution < -0.4 is 32.1 Å². The van der Waals surface area contributed by atoms with Crippen molar-refractivity contribution in [2.24, 2.45) is 28.1 Å². The molecule has 0 radical (unpaired) electrons. The molecule has 2 saturated carbocycles. The van der Waals surface area contributed by atoms with E-state index >= 15 is 0 Å². The number of pyridine rings is 2. The number of hydrogen-bond donors (Lipinski definition) is 6. The summed E-state index contributed by atoms with van der Waals surface area (Å²) in [6.07, 6.45) is 15.0. The van der Waals surface area contributed by atoms with Gasteiger partial charge in [0.25, 0.3) is 23.6 Å². The highest BCUT2D eigenvalue weighted by atomic mass is 16.6. The first-order valence-corrected chi connectivity index (χ1v) is 31.8. The van der Waals surface area contributed by atoms with Crippen LogP contribution in [0.25, 0.3) is 34.0 Å². The molecule has 8 atom stereocenters. The SMILES string of the molecule is CC(C)[C@@H]1OC(=O)C2(/C=C/c3ccc4ccc(nc4c3)[C@@H](C)NC(=O)[C@@H]3CCCN(N3)C(=O)[C@H](C)NC1=O)CCC(C)(C)CC2.CC(C)[C@@H]1OC(=O)C2(/C=C/c3ccc4ccc(nc4c3)[C@@H](C)NC(=O)[C@@H]3CCCN(N3)C(=O)[C@H](C)NC1=O)CCCCC2.